The first-order valence-electron chi connectivity index (χ1n) is 10.6. The van der Waals surface area contributed by atoms with Gasteiger partial charge in [0.15, 0.2) is 5.16 Å². The maximum Gasteiger partial charge on any atom is 0.253 e. The number of benzene rings is 1. The standard InChI is InChI=1S/C21H30N6O3S/c1-4-25(5-2)19(29)16-8-7-9-17(14-16)22-18(28)15-31-21-24-23-20(27(21)6-3)26-10-12-30-13-11-26/h7-9,14H,4-6,10-13,15H2,1-3H3,(H,22,28). The van der Waals surface area contributed by atoms with E-state index in [0.29, 0.717) is 42.7 Å². The van der Waals surface area contributed by atoms with Gasteiger partial charge in [-0.2, -0.15) is 0 Å². The Hall–Kier alpha value is -2.59. The van der Waals surface area contributed by atoms with Crippen molar-refractivity contribution in [2.45, 2.75) is 32.5 Å². The Morgan fingerprint density at radius 1 is 1.16 bits per heavy atom. The third-order valence-electron chi connectivity index (χ3n) is 5.08. The van der Waals surface area contributed by atoms with Crippen LogP contribution in [-0.4, -0.2) is 76.6 Å². The van der Waals surface area contributed by atoms with Gasteiger partial charge in [0, 0.05) is 44.0 Å². The molecule has 9 nitrogen and oxygen atoms in total. The topological polar surface area (TPSA) is 92.6 Å². The SMILES string of the molecule is CCN(CC)C(=O)c1cccc(NC(=O)CSc2nnc(N3CCOCC3)n2CC)c1. The molecule has 1 aromatic carbocycles. The molecule has 1 aliphatic heterocycles. The minimum atomic E-state index is -0.156. The summed E-state index contributed by atoms with van der Waals surface area (Å²) in [5.74, 6) is 0.824. The predicted octanol–water partition coefficient (Wildman–Crippen LogP) is 2.35. The molecule has 1 aromatic heterocycles. The summed E-state index contributed by atoms with van der Waals surface area (Å²) in [4.78, 5) is 29.0. The van der Waals surface area contributed by atoms with Crippen LogP contribution in [0.15, 0.2) is 29.4 Å². The van der Waals surface area contributed by atoms with E-state index >= 15 is 0 Å². The molecule has 1 fully saturated rings. The first kappa shape index (κ1) is 23.1. The minimum Gasteiger partial charge on any atom is -0.378 e. The molecule has 2 aromatic rings. The maximum atomic E-state index is 12.5. The average molecular weight is 447 g/mol. The highest BCUT2D eigenvalue weighted by Gasteiger charge is 2.20. The third-order valence-corrected chi connectivity index (χ3v) is 6.05. The van der Waals surface area contributed by atoms with Gasteiger partial charge < -0.3 is 19.9 Å². The van der Waals surface area contributed by atoms with E-state index in [1.165, 1.54) is 11.8 Å². The fraction of sp³-hybridized carbons (Fsp3) is 0.524. The number of rotatable bonds is 9. The number of morpholine rings is 1. The predicted molar refractivity (Wildman–Crippen MR) is 122 cm³/mol. The third kappa shape index (κ3) is 5.76. The highest BCUT2D eigenvalue weighted by atomic mass is 32.2. The lowest BCUT2D eigenvalue weighted by molar-refractivity contribution is -0.113. The summed E-state index contributed by atoms with van der Waals surface area (Å²) in [6.45, 7) is 10.9. The molecule has 31 heavy (non-hydrogen) atoms. The Balaban J connectivity index is 1.60. The highest BCUT2D eigenvalue weighted by Crippen LogP contribution is 2.23. The Kier molecular flexibility index (Phi) is 8.30. The number of thioether (sulfide) groups is 1. The number of hydrogen-bond donors (Lipinski definition) is 1. The summed E-state index contributed by atoms with van der Waals surface area (Å²) in [6, 6.07) is 7.05. The second kappa shape index (κ2) is 11.1. The van der Waals surface area contributed by atoms with Crippen molar-refractivity contribution in [2.75, 3.05) is 55.4 Å². The largest absolute Gasteiger partial charge is 0.378 e. The van der Waals surface area contributed by atoms with Crippen LogP contribution in [0.1, 0.15) is 31.1 Å². The fourth-order valence-corrected chi connectivity index (χ4v) is 4.21. The summed E-state index contributed by atoms with van der Waals surface area (Å²) in [6.07, 6.45) is 0. The Bertz CT molecular complexity index is 893. The molecule has 3 rings (SSSR count). The maximum absolute atomic E-state index is 12.5. The van der Waals surface area contributed by atoms with Gasteiger partial charge in [-0.1, -0.05) is 17.8 Å². The van der Waals surface area contributed by atoms with Gasteiger partial charge in [-0.3, -0.25) is 14.2 Å². The van der Waals surface area contributed by atoms with Crippen molar-refractivity contribution in [1.82, 2.24) is 19.7 Å². The van der Waals surface area contributed by atoms with Crippen LogP contribution < -0.4 is 10.2 Å². The number of nitrogens with one attached hydrogen (secondary N) is 1. The highest BCUT2D eigenvalue weighted by molar-refractivity contribution is 7.99. The van der Waals surface area contributed by atoms with Gasteiger partial charge in [0.05, 0.1) is 19.0 Å². The molecule has 0 bridgehead atoms. The summed E-state index contributed by atoms with van der Waals surface area (Å²) >= 11 is 1.35. The van der Waals surface area contributed by atoms with Crippen LogP contribution in [-0.2, 0) is 16.1 Å². The summed E-state index contributed by atoms with van der Waals surface area (Å²) in [7, 11) is 0. The molecular formula is C21H30N6O3S. The Morgan fingerprint density at radius 2 is 1.90 bits per heavy atom. The van der Waals surface area contributed by atoms with Crippen LogP contribution in [0, 0.1) is 0 Å². The number of ether oxygens (including phenoxy) is 1. The zero-order valence-electron chi connectivity index (χ0n) is 18.3. The van der Waals surface area contributed by atoms with Crippen LogP contribution in [0.3, 0.4) is 0 Å². The monoisotopic (exact) mass is 446 g/mol. The first-order chi connectivity index (χ1) is 15.1. The van der Waals surface area contributed by atoms with Crippen molar-refractivity contribution in [3.63, 3.8) is 0 Å². The van der Waals surface area contributed by atoms with Gasteiger partial charge in [-0.05, 0) is 39.0 Å². The molecule has 2 amide bonds. The van der Waals surface area contributed by atoms with Crippen LogP contribution in [0.5, 0.6) is 0 Å². The van der Waals surface area contributed by atoms with E-state index in [-0.39, 0.29) is 17.6 Å². The molecule has 0 unspecified atom stereocenters. The van der Waals surface area contributed by atoms with Crippen molar-refractivity contribution in [1.29, 1.82) is 0 Å². The van der Waals surface area contributed by atoms with Crippen molar-refractivity contribution in [3.05, 3.63) is 29.8 Å². The second-order valence-electron chi connectivity index (χ2n) is 7.02. The lowest BCUT2D eigenvalue weighted by Crippen LogP contribution is -2.38. The minimum absolute atomic E-state index is 0.0397. The van der Waals surface area contributed by atoms with Crippen LogP contribution in [0.25, 0.3) is 0 Å². The van der Waals surface area contributed by atoms with E-state index in [2.05, 4.69) is 20.4 Å². The molecule has 0 spiro atoms. The zero-order chi connectivity index (χ0) is 22.2. The van der Waals surface area contributed by atoms with Gasteiger partial charge in [0.1, 0.15) is 0 Å². The fourth-order valence-electron chi connectivity index (χ4n) is 3.41. The smallest absolute Gasteiger partial charge is 0.253 e. The number of nitrogens with zero attached hydrogens (tertiary/aromatic N) is 5. The molecule has 0 radical (unpaired) electrons. The molecule has 0 saturated carbocycles. The molecule has 2 heterocycles. The van der Waals surface area contributed by atoms with E-state index in [4.69, 9.17) is 4.74 Å². The van der Waals surface area contributed by atoms with Gasteiger partial charge in [-0.15, -0.1) is 10.2 Å². The lowest BCUT2D eigenvalue weighted by Gasteiger charge is -2.27. The van der Waals surface area contributed by atoms with Gasteiger partial charge in [-0.25, -0.2) is 0 Å². The lowest BCUT2D eigenvalue weighted by atomic mass is 10.1. The van der Waals surface area contributed by atoms with Crippen LogP contribution >= 0.6 is 11.8 Å². The summed E-state index contributed by atoms with van der Waals surface area (Å²) < 4.78 is 7.43. The molecule has 0 atom stereocenters. The van der Waals surface area contributed by atoms with Crippen molar-refractivity contribution in [3.8, 4) is 0 Å². The van der Waals surface area contributed by atoms with Crippen LogP contribution in [0.4, 0.5) is 11.6 Å². The number of amides is 2. The van der Waals surface area contributed by atoms with E-state index in [9.17, 15) is 9.59 Å². The van der Waals surface area contributed by atoms with E-state index in [1.807, 2.05) is 25.3 Å². The average Bonchev–Trinajstić information content (AvgIpc) is 3.22. The van der Waals surface area contributed by atoms with Crippen molar-refractivity contribution in [2.24, 2.45) is 0 Å². The van der Waals surface area contributed by atoms with E-state index in [0.717, 1.165) is 25.6 Å². The number of aromatic nitrogens is 3. The molecule has 1 saturated heterocycles. The number of anilines is 2. The molecule has 1 N–H and O–H groups in total. The quantitative estimate of drug-likeness (QED) is 0.591. The number of hydrogen-bond acceptors (Lipinski definition) is 7. The summed E-state index contributed by atoms with van der Waals surface area (Å²) in [5.41, 5.74) is 1.17. The van der Waals surface area contributed by atoms with Crippen molar-refractivity contribution < 1.29 is 14.3 Å². The van der Waals surface area contributed by atoms with Gasteiger partial charge in [0.25, 0.3) is 5.91 Å². The zero-order valence-corrected chi connectivity index (χ0v) is 19.2. The van der Waals surface area contributed by atoms with E-state index < -0.39 is 0 Å². The first-order valence-corrected chi connectivity index (χ1v) is 11.6. The van der Waals surface area contributed by atoms with Gasteiger partial charge >= 0.3 is 0 Å². The number of carbonyl (C=O) groups excluding carboxylic acids is 2. The normalized spacial score (nSPS) is 13.8. The Morgan fingerprint density at radius 3 is 2.58 bits per heavy atom. The second-order valence-corrected chi connectivity index (χ2v) is 7.96. The number of carbonyl (C=O) groups is 2. The van der Waals surface area contributed by atoms with Crippen LogP contribution in [0.2, 0.25) is 0 Å². The molecule has 1 aliphatic rings. The Labute approximate surface area is 187 Å². The molecule has 0 aliphatic carbocycles. The summed E-state index contributed by atoms with van der Waals surface area (Å²) in [5, 5.41) is 12.2. The molecule has 168 valence electrons. The molecule has 10 heteroatoms. The van der Waals surface area contributed by atoms with Crippen molar-refractivity contribution >= 4 is 35.2 Å². The van der Waals surface area contributed by atoms with E-state index in [1.54, 1.807) is 29.2 Å². The molecular weight excluding hydrogens is 416 g/mol. The van der Waals surface area contributed by atoms with Gasteiger partial charge in [0.2, 0.25) is 11.9 Å².